The van der Waals surface area contributed by atoms with E-state index in [-0.39, 0.29) is 18.5 Å². The summed E-state index contributed by atoms with van der Waals surface area (Å²) in [5.41, 5.74) is 0. The Bertz CT molecular complexity index is 1290. The van der Waals surface area contributed by atoms with E-state index >= 15 is 0 Å². The van der Waals surface area contributed by atoms with Crippen molar-refractivity contribution in [2.75, 3.05) is 13.2 Å². The van der Waals surface area contributed by atoms with Gasteiger partial charge in [0, 0.05) is 12.8 Å². The first-order chi connectivity index (χ1) is 42.0. The summed E-state index contributed by atoms with van der Waals surface area (Å²) in [5.74, 6) is -0.00991. The molecule has 0 aliphatic rings. The van der Waals surface area contributed by atoms with E-state index in [1.54, 1.807) is 0 Å². The molecule has 2 unspecified atom stereocenters. The van der Waals surface area contributed by atoms with Crippen molar-refractivity contribution in [3.05, 3.63) is 12.2 Å². The monoisotopic (exact) mass is 1200 g/mol. The van der Waals surface area contributed by atoms with Gasteiger partial charge in [-0.15, -0.1) is 0 Å². The second-order valence-corrected chi connectivity index (χ2v) is 27.4. The summed E-state index contributed by atoms with van der Waals surface area (Å²) in [7, 11) is 0. The van der Waals surface area contributed by atoms with Gasteiger partial charge in [-0.3, -0.25) is 9.59 Å². The van der Waals surface area contributed by atoms with Crippen molar-refractivity contribution < 1.29 is 24.5 Å². The number of allylic oxidation sites excluding steroid dienone is 2. The molecule has 6 heteroatoms. The molecule has 0 rings (SSSR count). The predicted octanol–water partition coefficient (Wildman–Crippen LogP) is 25.9. The number of carbonyl (C=O) groups is 2. The summed E-state index contributed by atoms with van der Waals surface area (Å²) in [6.45, 7) is 5.00. The van der Waals surface area contributed by atoms with Crippen LogP contribution in [0.25, 0.3) is 0 Å². The van der Waals surface area contributed by atoms with Crippen molar-refractivity contribution in [2.24, 2.45) is 0 Å². The molecule has 0 aromatic rings. The van der Waals surface area contributed by atoms with Gasteiger partial charge in [0.15, 0.2) is 0 Å². The van der Waals surface area contributed by atoms with Gasteiger partial charge < -0.3 is 20.3 Å². The molecule has 0 saturated carbocycles. The molecule has 0 saturated heterocycles. The minimum Gasteiger partial charge on any atom is -0.466 e. The second kappa shape index (κ2) is 75.1. The van der Waals surface area contributed by atoms with Crippen LogP contribution in [0.5, 0.6) is 0 Å². The van der Waals surface area contributed by atoms with Crippen LogP contribution in [0.2, 0.25) is 0 Å². The largest absolute Gasteiger partial charge is 0.466 e. The van der Waals surface area contributed by atoms with Crippen molar-refractivity contribution in [3.63, 3.8) is 0 Å². The average molecular weight is 1200 g/mol. The zero-order valence-electron chi connectivity index (χ0n) is 58.1. The van der Waals surface area contributed by atoms with Crippen molar-refractivity contribution in [1.82, 2.24) is 5.32 Å². The summed E-state index contributed by atoms with van der Waals surface area (Å²) in [6, 6.07) is -0.540. The SMILES string of the molecule is CCCCCCCC/C=C\CCCCCCCCCC(=O)OCCCCCCCCCCCCCCCCCCCCCCCCCCCCCC(=O)NC(CO)C(O)CCCCCCCCCCCCCCCCCCCCCCCCCC. The normalized spacial score (nSPS) is 12.5. The third kappa shape index (κ3) is 71.6. The van der Waals surface area contributed by atoms with Crippen molar-refractivity contribution in [3.8, 4) is 0 Å². The molecule has 1 amide bonds. The van der Waals surface area contributed by atoms with Crippen LogP contribution in [0.15, 0.2) is 12.2 Å². The van der Waals surface area contributed by atoms with E-state index in [4.69, 9.17) is 4.74 Å². The van der Waals surface area contributed by atoms with Crippen molar-refractivity contribution in [2.45, 2.75) is 469 Å². The Morgan fingerprint density at radius 2 is 0.553 bits per heavy atom. The minimum atomic E-state index is -0.663. The number of aliphatic hydroxyl groups is 2. The lowest BCUT2D eigenvalue weighted by atomic mass is 10.0. The highest BCUT2D eigenvalue weighted by Gasteiger charge is 2.20. The quantitative estimate of drug-likeness (QED) is 0.0320. The lowest BCUT2D eigenvalue weighted by molar-refractivity contribution is -0.143. The van der Waals surface area contributed by atoms with Crippen LogP contribution in [-0.4, -0.2) is 47.4 Å². The number of amides is 1. The van der Waals surface area contributed by atoms with Gasteiger partial charge in [-0.25, -0.2) is 0 Å². The minimum absolute atomic E-state index is 0.0162. The molecular weight excluding hydrogens is 1040 g/mol. The fourth-order valence-electron chi connectivity index (χ4n) is 12.8. The molecule has 3 N–H and O–H groups in total. The molecule has 0 fully saturated rings. The Balaban J connectivity index is 3.34. The Morgan fingerprint density at radius 3 is 0.835 bits per heavy atom. The van der Waals surface area contributed by atoms with Gasteiger partial charge in [0.2, 0.25) is 5.91 Å². The van der Waals surface area contributed by atoms with Crippen LogP contribution >= 0.6 is 0 Å². The molecule has 0 aliphatic heterocycles. The van der Waals surface area contributed by atoms with Crippen molar-refractivity contribution in [1.29, 1.82) is 0 Å². The maximum Gasteiger partial charge on any atom is 0.305 e. The van der Waals surface area contributed by atoms with Crippen LogP contribution in [0, 0.1) is 0 Å². The first-order valence-electron chi connectivity index (χ1n) is 39.4. The number of esters is 1. The molecule has 0 aromatic heterocycles. The van der Waals surface area contributed by atoms with E-state index in [2.05, 4.69) is 31.3 Å². The highest BCUT2D eigenvalue weighted by atomic mass is 16.5. The molecule has 0 aliphatic carbocycles. The van der Waals surface area contributed by atoms with Crippen LogP contribution < -0.4 is 5.32 Å². The van der Waals surface area contributed by atoms with E-state index in [1.165, 1.54) is 379 Å². The summed E-state index contributed by atoms with van der Waals surface area (Å²) in [6.07, 6.45) is 94.4. The standard InChI is InChI=1S/C79H155NO5/c1-3-5-7-9-11-13-15-17-19-21-22-23-24-30-33-36-40-43-47-51-55-59-63-67-71-77(82)76(75-81)80-78(83)72-68-64-60-56-52-48-44-41-37-34-31-28-26-25-27-29-32-35-38-42-46-50-54-58-62-66-70-74-85-79(84)73-69-65-61-57-53-49-45-39-20-18-16-14-12-10-8-6-4-2/h18,20,76-77,81-82H,3-17,19,21-75H2,1-2H3,(H,80,83)/b20-18-. The van der Waals surface area contributed by atoms with Crippen LogP contribution in [0.3, 0.4) is 0 Å². The number of carbonyl (C=O) groups excluding carboxylic acids is 2. The number of nitrogens with one attached hydrogen (secondary N) is 1. The predicted molar refractivity (Wildman–Crippen MR) is 375 cm³/mol. The Labute approximate surface area is 533 Å². The van der Waals surface area contributed by atoms with Crippen LogP contribution in [-0.2, 0) is 14.3 Å². The fraction of sp³-hybridized carbons (Fsp3) is 0.949. The average Bonchev–Trinajstić information content (AvgIpc) is 3.51. The number of rotatable bonds is 75. The van der Waals surface area contributed by atoms with Gasteiger partial charge in [-0.1, -0.05) is 405 Å². The molecule has 506 valence electrons. The summed E-state index contributed by atoms with van der Waals surface area (Å²) >= 11 is 0. The van der Waals surface area contributed by atoms with E-state index < -0.39 is 12.1 Å². The number of hydrogen-bond donors (Lipinski definition) is 3. The first-order valence-corrected chi connectivity index (χ1v) is 39.4. The molecule has 6 nitrogen and oxygen atoms in total. The van der Waals surface area contributed by atoms with E-state index in [1.807, 2.05) is 0 Å². The smallest absolute Gasteiger partial charge is 0.305 e. The molecule has 0 heterocycles. The van der Waals surface area contributed by atoms with E-state index in [9.17, 15) is 19.8 Å². The third-order valence-corrected chi connectivity index (χ3v) is 18.8. The van der Waals surface area contributed by atoms with Gasteiger partial charge in [0.1, 0.15) is 0 Å². The third-order valence-electron chi connectivity index (χ3n) is 18.8. The topological polar surface area (TPSA) is 95.9 Å². The number of unbranched alkanes of at least 4 members (excludes halogenated alkanes) is 62. The summed E-state index contributed by atoms with van der Waals surface area (Å²) in [4.78, 5) is 24.7. The molecule has 0 aromatic carbocycles. The Morgan fingerprint density at radius 1 is 0.318 bits per heavy atom. The molecule has 0 bridgehead atoms. The maximum absolute atomic E-state index is 12.6. The fourth-order valence-corrected chi connectivity index (χ4v) is 12.8. The molecular formula is C79H155NO5. The van der Waals surface area contributed by atoms with Crippen LogP contribution in [0.4, 0.5) is 0 Å². The Hall–Kier alpha value is -1.40. The van der Waals surface area contributed by atoms with Gasteiger partial charge in [0.25, 0.3) is 0 Å². The Kier molecular flexibility index (Phi) is 73.8. The zero-order chi connectivity index (χ0) is 61.3. The van der Waals surface area contributed by atoms with Crippen LogP contribution in [0.1, 0.15) is 457 Å². The number of ether oxygens (including phenoxy) is 1. The van der Waals surface area contributed by atoms with E-state index in [0.717, 1.165) is 44.9 Å². The molecule has 0 spiro atoms. The number of hydrogen-bond acceptors (Lipinski definition) is 5. The van der Waals surface area contributed by atoms with E-state index in [0.29, 0.717) is 25.9 Å². The lowest BCUT2D eigenvalue weighted by Crippen LogP contribution is -2.45. The van der Waals surface area contributed by atoms with Gasteiger partial charge in [0.05, 0.1) is 25.4 Å². The van der Waals surface area contributed by atoms with Gasteiger partial charge >= 0.3 is 5.97 Å². The summed E-state index contributed by atoms with van der Waals surface area (Å²) in [5, 5.41) is 23.5. The molecule has 85 heavy (non-hydrogen) atoms. The van der Waals surface area contributed by atoms with Gasteiger partial charge in [-0.2, -0.15) is 0 Å². The lowest BCUT2D eigenvalue weighted by Gasteiger charge is -2.22. The first kappa shape index (κ1) is 83.6. The van der Waals surface area contributed by atoms with Gasteiger partial charge in [-0.05, 0) is 51.4 Å². The zero-order valence-corrected chi connectivity index (χ0v) is 58.1. The maximum atomic E-state index is 12.6. The molecule has 2 atom stereocenters. The highest BCUT2D eigenvalue weighted by Crippen LogP contribution is 2.20. The molecule has 0 radical (unpaired) electrons. The van der Waals surface area contributed by atoms with Crippen molar-refractivity contribution >= 4 is 11.9 Å². The number of aliphatic hydroxyl groups excluding tert-OH is 2. The summed E-state index contributed by atoms with van der Waals surface area (Å²) < 4.78 is 5.51. The second-order valence-electron chi connectivity index (χ2n) is 27.4. The highest BCUT2D eigenvalue weighted by molar-refractivity contribution is 5.76.